The lowest BCUT2D eigenvalue weighted by atomic mass is 9.97. The van der Waals surface area contributed by atoms with Crippen molar-refractivity contribution in [3.63, 3.8) is 0 Å². The fourth-order valence-electron chi connectivity index (χ4n) is 3.99. The molecule has 0 saturated heterocycles. The zero-order valence-electron chi connectivity index (χ0n) is 18.2. The zero-order chi connectivity index (χ0) is 23.4. The SMILES string of the molecule is C[C@@H](C(N)=O)N(C(=O)Cc1ccccc1)[C@@H]1C(=O)Nc2ccccc2O[C@@H]1c1ccccc1. The number of primary amides is 1. The van der Waals surface area contributed by atoms with Crippen LogP contribution < -0.4 is 15.8 Å². The number of hydrogen-bond acceptors (Lipinski definition) is 4. The topological polar surface area (TPSA) is 102 Å². The number of nitrogens with zero attached hydrogens (tertiary/aromatic N) is 1. The maximum atomic E-state index is 13.5. The second-order valence-corrected chi connectivity index (χ2v) is 7.92. The predicted octanol–water partition coefficient (Wildman–Crippen LogP) is 3.07. The summed E-state index contributed by atoms with van der Waals surface area (Å²) in [7, 11) is 0. The van der Waals surface area contributed by atoms with Gasteiger partial charge in [0, 0.05) is 0 Å². The molecule has 3 N–H and O–H groups in total. The average molecular weight is 444 g/mol. The van der Waals surface area contributed by atoms with Gasteiger partial charge in [0.1, 0.15) is 11.8 Å². The number of hydrogen-bond donors (Lipinski definition) is 2. The molecule has 0 radical (unpaired) electrons. The van der Waals surface area contributed by atoms with Crippen molar-refractivity contribution in [1.29, 1.82) is 0 Å². The van der Waals surface area contributed by atoms with E-state index in [1.165, 1.54) is 11.8 Å². The lowest BCUT2D eigenvalue weighted by Gasteiger charge is -2.37. The summed E-state index contributed by atoms with van der Waals surface area (Å²) in [5, 5.41) is 2.86. The molecular weight excluding hydrogens is 418 g/mol. The highest BCUT2D eigenvalue weighted by atomic mass is 16.5. The molecule has 1 heterocycles. The van der Waals surface area contributed by atoms with E-state index in [0.717, 1.165) is 5.56 Å². The van der Waals surface area contributed by atoms with Crippen molar-refractivity contribution < 1.29 is 19.1 Å². The zero-order valence-corrected chi connectivity index (χ0v) is 18.2. The lowest BCUT2D eigenvalue weighted by Crippen LogP contribution is -2.58. The fraction of sp³-hybridized carbons (Fsp3) is 0.192. The van der Waals surface area contributed by atoms with Gasteiger partial charge in [0.25, 0.3) is 5.91 Å². The molecular formula is C26H25N3O4. The Kier molecular flexibility index (Phi) is 6.40. The van der Waals surface area contributed by atoms with Gasteiger partial charge < -0.3 is 20.7 Å². The maximum Gasteiger partial charge on any atom is 0.251 e. The summed E-state index contributed by atoms with van der Waals surface area (Å²) >= 11 is 0. The van der Waals surface area contributed by atoms with Crippen LogP contribution in [0.1, 0.15) is 24.2 Å². The van der Waals surface area contributed by atoms with Crippen LogP contribution in [0.4, 0.5) is 5.69 Å². The molecule has 7 heteroatoms. The van der Waals surface area contributed by atoms with Gasteiger partial charge in [0.15, 0.2) is 12.1 Å². The third kappa shape index (κ3) is 4.72. The number of amides is 3. The van der Waals surface area contributed by atoms with E-state index in [4.69, 9.17) is 10.5 Å². The molecule has 0 aromatic heterocycles. The summed E-state index contributed by atoms with van der Waals surface area (Å²) in [4.78, 5) is 40.6. The van der Waals surface area contributed by atoms with E-state index < -0.39 is 35.9 Å². The minimum absolute atomic E-state index is 0.0106. The van der Waals surface area contributed by atoms with E-state index in [2.05, 4.69) is 5.32 Å². The Labute approximate surface area is 192 Å². The monoisotopic (exact) mass is 443 g/mol. The normalized spacial score (nSPS) is 18.2. The van der Waals surface area contributed by atoms with Crippen LogP contribution in [0.3, 0.4) is 0 Å². The maximum absolute atomic E-state index is 13.5. The van der Waals surface area contributed by atoms with Gasteiger partial charge in [-0.25, -0.2) is 0 Å². The lowest BCUT2D eigenvalue weighted by molar-refractivity contribution is -0.148. The van der Waals surface area contributed by atoms with Crippen LogP contribution in [0.15, 0.2) is 84.9 Å². The van der Waals surface area contributed by atoms with Crippen LogP contribution in [-0.4, -0.2) is 34.7 Å². The molecule has 3 aromatic rings. The summed E-state index contributed by atoms with van der Waals surface area (Å²) in [6, 6.07) is 23.2. The van der Waals surface area contributed by atoms with E-state index in [1.54, 1.807) is 24.3 Å². The summed E-state index contributed by atoms with van der Waals surface area (Å²) < 4.78 is 6.31. The Hall–Kier alpha value is -4.13. The molecule has 0 unspecified atom stereocenters. The largest absolute Gasteiger partial charge is 0.481 e. The number of carbonyl (C=O) groups excluding carboxylic acids is 3. The van der Waals surface area contributed by atoms with Crippen LogP contribution in [0, 0.1) is 0 Å². The van der Waals surface area contributed by atoms with Gasteiger partial charge in [-0.2, -0.15) is 0 Å². The predicted molar refractivity (Wildman–Crippen MR) is 124 cm³/mol. The summed E-state index contributed by atoms with van der Waals surface area (Å²) in [5.41, 5.74) is 7.58. The van der Waals surface area contributed by atoms with E-state index in [1.807, 2.05) is 60.7 Å². The Morgan fingerprint density at radius 3 is 2.24 bits per heavy atom. The minimum Gasteiger partial charge on any atom is -0.481 e. The van der Waals surface area contributed by atoms with Crippen LogP contribution in [-0.2, 0) is 20.8 Å². The molecule has 0 saturated carbocycles. The molecule has 1 aliphatic rings. The summed E-state index contributed by atoms with van der Waals surface area (Å²) in [5.74, 6) is -1.09. The molecule has 3 atom stereocenters. The quantitative estimate of drug-likeness (QED) is 0.611. The van der Waals surface area contributed by atoms with Crippen LogP contribution in [0.25, 0.3) is 0 Å². The third-order valence-electron chi connectivity index (χ3n) is 5.70. The van der Waals surface area contributed by atoms with Gasteiger partial charge in [0.05, 0.1) is 12.1 Å². The van der Waals surface area contributed by atoms with Crippen molar-refractivity contribution in [3.8, 4) is 5.75 Å². The highest BCUT2D eigenvalue weighted by molar-refractivity contribution is 6.01. The van der Waals surface area contributed by atoms with Crippen molar-refractivity contribution in [2.24, 2.45) is 5.73 Å². The number of rotatable bonds is 6. The number of ether oxygens (including phenoxy) is 1. The van der Waals surface area contributed by atoms with Crippen LogP contribution >= 0.6 is 0 Å². The first-order chi connectivity index (χ1) is 16.0. The Balaban J connectivity index is 1.80. The van der Waals surface area contributed by atoms with Crippen molar-refractivity contribution in [1.82, 2.24) is 4.90 Å². The molecule has 0 spiro atoms. The Morgan fingerprint density at radius 1 is 0.970 bits per heavy atom. The van der Waals surface area contributed by atoms with E-state index in [-0.39, 0.29) is 6.42 Å². The number of para-hydroxylation sites is 2. The van der Waals surface area contributed by atoms with Gasteiger partial charge in [-0.05, 0) is 30.2 Å². The second kappa shape index (κ2) is 9.56. The third-order valence-corrected chi connectivity index (χ3v) is 5.70. The Bertz CT molecular complexity index is 1150. The van der Waals surface area contributed by atoms with Crippen molar-refractivity contribution in [3.05, 3.63) is 96.1 Å². The number of nitrogens with one attached hydrogen (secondary N) is 1. The molecule has 0 bridgehead atoms. The van der Waals surface area contributed by atoms with Gasteiger partial charge in [-0.1, -0.05) is 72.8 Å². The van der Waals surface area contributed by atoms with Gasteiger partial charge in [0.2, 0.25) is 11.8 Å². The highest BCUT2D eigenvalue weighted by Crippen LogP contribution is 2.37. The number of anilines is 1. The smallest absolute Gasteiger partial charge is 0.251 e. The van der Waals surface area contributed by atoms with Gasteiger partial charge >= 0.3 is 0 Å². The second-order valence-electron chi connectivity index (χ2n) is 7.92. The minimum atomic E-state index is -1.13. The molecule has 0 fully saturated rings. The number of nitrogens with two attached hydrogens (primary N) is 1. The van der Waals surface area contributed by atoms with E-state index in [9.17, 15) is 14.4 Å². The molecule has 7 nitrogen and oxygen atoms in total. The first kappa shape index (κ1) is 22.1. The summed E-state index contributed by atoms with van der Waals surface area (Å²) in [6.07, 6.45) is -0.840. The highest BCUT2D eigenvalue weighted by Gasteiger charge is 2.44. The van der Waals surface area contributed by atoms with Crippen molar-refractivity contribution in [2.75, 3.05) is 5.32 Å². The molecule has 3 amide bonds. The molecule has 3 aromatic carbocycles. The Morgan fingerprint density at radius 2 is 1.58 bits per heavy atom. The first-order valence-electron chi connectivity index (χ1n) is 10.7. The van der Waals surface area contributed by atoms with Crippen molar-refractivity contribution in [2.45, 2.75) is 31.5 Å². The number of fused-ring (bicyclic) bond motifs is 1. The van der Waals surface area contributed by atoms with Crippen LogP contribution in [0.2, 0.25) is 0 Å². The standard InChI is InChI=1S/C26H25N3O4/c1-17(25(27)31)29(22(30)16-18-10-4-2-5-11-18)23-24(19-12-6-3-7-13-19)33-21-15-9-8-14-20(21)28-26(23)32/h2-15,17,23-24H,16H2,1H3,(H2,27,31)(H,28,32)/t17-,23-,24+/m0/s1. The average Bonchev–Trinajstić information content (AvgIpc) is 2.97. The van der Waals surface area contributed by atoms with E-state index in [0.29, 0.717) is 17.0 Å². The van der Waals surface area contributed by atoms with Gasteiger partial charge in [-0.15, -0.1) is 0 Å². The molecule has 0 aliphatic carbocycles. The molecule has 1 aliphatic heterocycles. The number of benzene rings is 3. The molecule has 168 valence electrons. The first-order valence-corrected chi connectivity index (χ1v) is 10.7. The molecule has 33 heavy (non-hydrogen) atoms. The van der Waals surface area contributed by atoms with Crippen molar-refractivity contribution >= 4 is 23.4 Å². The van der Waals surface area contributed by atoms with E-state index >= 15 is 0 Å². The van der Waals surface area contributed by atoms with Crippen LogP contribution in [0.5, 0.6) is 5.75 Å². The summed E-state index contributed by atoms with van der Waals surface area (Å²) in [6.45, 7) is 1.53. The fourth-order valence-corrected chi connectivity index (χ4v) is 3.99. The molecule has 4 rings (SSSR count). The number of carbonyl (C=O) groups is 3. The van der Waals surface area contributed by atoms with Gasteiger partial charge in [-0.3, -0.25) is 14.4 Å².